The second kappa shape index (κ2) is 16.4. The summed E-state index contributed by atoms with van der Waals surface area (Å²) < 4.78 is 0. The molecular formula is C41H38Cl2CoP2+2. The van der Waals surface area contributed by atoms with Crippen molar-refractivity contribution in [3.63, 3.8) is 0 Å². The van der Waals surface area contributed by atoms with E-state index in [-0.39, 0.29) is 5.41 Å². The molecule has 0 aromatic heterocycles. The topological polar surface area (TPSA) is 0 Å². The van der Waals surface area contributed by atoms with Crippen molar-refractivity contribution in [2.75, 3.05) is 12.3 Å². The van der Waals surface area contributed by atoms with Crippen LogP contribution in [0.25, 0.3) is 0 Å². The first-order chi connectivity index (χ1) is 22.8. The molecule has 1 fully saturated rings. The smallest absolute Gasteiger partial charge is 0.0622 e. The van der Waals surface area contributed by atoms with Crippen LogP contribution in [0.5, 0.6) is 0 Å². The third-order valence-corrected chi connectivity index (χ3v) is 15.2. The SMILES string of the molecule is [Cl][Co][Cl].c1ccc([PH+](C[C@H]2[C@H](C[PH+](c3ccccc3)c3ccccc3)C2(c2ccccc2)c2ccccc2)c2ccccc2)cc1. The molecule has 2 atom stereocenters. The third kappa shape index (κ3) is 7.37. The first-order valence-corrected chi connectivity index (χ1v) is 21.9. The van der Waals surface area contributed by atoms with Gasteiger partial charge in [-0.25, -0.2) is 0 Å². The molecular weight excluding hydrogens is 684 g/mol. The van der Waals surface area contributed by atoms with E-state index in [0.29, 0.717) is 24.7 Å². The van der Waals surface area contributed by atoms with Crippen LogP contribution in [0, 0.1) is 11.8 Å². The van der Waals surface area contributed by atoms with Crippen molar-refractivity contribution in [2.24, 2.45) is 11.8 Å². The number of benzene rings is 6. The van der Waals surface area contributed by atoms with Crippen LogP contribution < -0.4 is 21.2 Å². The molecule has 0 N–H and O–H groups in total. The molecule has 0 heterocycles. The van der Waals surface area contributed by atoms with Crippen LogP contribution in [0.2, 0.25) is 0 Å². The maximum atomic E-state index is 4.73. The molecule has 6 aromatic rings. The maximum Gasteiger partial charge on any atom is 0.0967 e. The summed E-state index contributed by atoms with van der Waals surface area (Å²) in [7, 11) is 7.45. The molecule has 0 bridgehead atoms. The zero-order valence-corrected chi connectivity index (χ0v) is 30.0. The summed E-state index contributed by atoms with van der Waals surface area (Å²) in [4.78, 5) is 0. The van der Waals surface area contributed by atoms with Gasteiger partial charge in [-0.15, -0.1) is 0 Å². The van der Waals surface area contributed by atoms with Crippen LogP contribution in [-0.4, -0.2) is 12.3 Å². The van der Waals surface area contributed by atoms with E-state index >= 15 is 0 Å². The maximum absolute atomic E-state index is 4.73. The van der Waals surface area contributed by atoms with Crippen LogP contribution in [0.1, 0.15) is 11.1 Å². The van der Waals surface area contributed by atoms with Crippen molar-refractivity contribution < 1.29 is 12.9 Å². The number of rotatable bonds is 10. The molecule has 0 radical (unpaired) electrons. The molecule has 0 saturated heterocycles. The Hall–Kier alpha value is -2.73. The summed E-state index contributed by atoms with van der Waals surface area (Å²) in [5.41, 5.74) is 2.95. The van der Waals surface area contributed by atoms with Gasteiger partial charge in [0.05, 0.1) is 49.4 Å². The van der Waals surface area contributed by atoms with Gasteiger partial charge >= 0.3 is 33.2 Å². The summed E-state index contributed by atoms with van der Waals surface area (Å²) in [5, 5.41) is 6.04. The molecule has 1 saturated carbocycles. The summed E-state index contributed by atoms with van der Waals surface area (Å²) in [5.74, 6) is 1.11. The minimum Gasteiger partial charge on any atom is -0.0622 e. The average Bonchev–Trinajstić information content (AvgIpc) is 3.78. The van der Waals surface area contributed by atoms with E-state index in [9.17, 15) is 0 Å². The Morgan fingerprint density at radius 3 is 0.848 bits per heavy atom. The summed E-state index contributed by atoms with van der Waals surface area (Å²) in [6.45, 7) is 0. The Morgan fingerprint density at radius 1 is 0.391 bits per heavy atom. The van der Waals surface area contributed by atoms with E-state index in [0.717, 1.165) is 0 Å². The molecule has 233 valence electrons. The standard InChI is InChI=1S/C41H36P2.2ClH.Co/c1-7-19-33(20-8-1)41(34-21-9-2-10-22-34)39(31-42(35-23-11-3-12-24-35)36-25-13-4-14-26-36)40(41)32-43(37-27-15-5-16-28-37)38-29-17-6-18-30-38;;;/h1-30,39-40H,31-32H2;2*1H;/q;;;+2/t39-,40-;;;/m0.../s1. The Labute approximate surface area is 291 Å². The minimum absolute atomic E-state index is 0.00146. The fourth-order valence-corrected chi connectivity index (χ4v) is 13.5. The van der Waals surface area contributed by atoms with Gasteiger partial charge in [-0.05, 0) is 59.7 Å². The second-order valence-electron chi connectivity index (χ2n) is 11.7. The van der Waals surface area contributed by atoms with Gasteiger partial charge in [0, 0.05) is 17.3 Å². The first-order valence-electron chi connectivity index (χ1n) is 15.7. The van der Waals surface area contributed by atoms with Crippen molar-refractivity contribution >= 4 is 57.4 Å². The molecule has 0 amide bonds. The van der Waals surface area contributed by atoms with Crippen molar-refractivity contribution in [1.82, 2.24) is 0 Å². The van der Waals surface area contributed by atoms with Crippen LogP contribution in [0.15, 0.2) is 182 Å². The van der Waals surface area contributed by atoms with Gasteiger partial charge in [-0.1, -0.05) is 133 Å². The molecule has 6 aromatic carbocycles. The van der Waals surface area contributed by atoms with E-state index in [2.05, 4.69) is 182 Å². The van der Waals surface area contributed by atoms with Crippen LogP contribution in [0.4, 0.5) is 0 Å². The molecule has 0 aliphatic heterocycles. The van der Waals surface area contributed by atoms with Gasteiger partial charge < -0.3 is 0 Å². The van der Waals surface area contributed by atoms with Crippen molar-refractivity contribution in [3.8, 4) is 0 Å². The van der Waals surface area contributed by atoms with E-state index < -0.39 is 15.8 Å². The quantitative estimate of drug-likeness (QED) is 0.124. The summed E-state index contributed by atoms with van der Waals surface area (Å²) >= 11 is 0.382. The van der Waals surface area contributed by atoms with E-state index in [1.165, 1.54) is 44.7 Å². The van der Waals surface area contributed by atoms with Crippen molar-refractivity contribution in [2.45, 2.75) is 5.41 Å². The predicted molar refractivity (Wildman–Crippen MR) is 203 cm³/mol. The zero-order valence-electron chi connectivity index (χ0n) is 25.5. The molecule has 5 heteroatoms. The predicted octanol–water partition coefficient (Wildman–Crippen LogP) is 9.33. The Morgan fingerprint density at radius 2 is 0.609 bits per heavy atom. The molecule has 1 aliphatic carbocycles. The molecule has 0 nitrogen and oxygen atoms in total. The van der Waals surface area contributed by atoms with Gasteiger partial charge in [-0.3, -0.25) is 0 Å². The van der Waals surface area contributed by atoms with E-state index in [1.54, 1.807) is 0 Å². The van der Waals surface area contributed by atoms with Gasteiger partial charge in [0.25, 0.3) is 0 Å². The van der Waals surface area contributed by atoms with E-state index in [1.807, 2.05) is 0 Å². The summed E-state index contributed by atoms with van der Waals surface area (Å²) in [6.07, 6.45) is 2.43. The molecule has 46 heavy (non-hydrogen) atoms. The van der Waals surface area contributed by atoms with Crippen LogP contribution in [0.3, 0.4) is 0 Å². The number of halogens is 2. The third-order valence-electron chi connectivity index (χ3n) is 9.39. The van der Waals surface area contributed by atoms with Crippen LogP contribution in [-0.2, 0) is 18.3 Å². The molecule has 0 spiro atoms. The van der Waals surface area contributed by atoms with Crippen molar-refractivity contribution in [1.29, 1.82) is 0 Å². The fraction of sp³-hybridized carbons (Fsp3) is 0.122. The number of hydrogen-bond acceptors (Lipinski definition) is 0. The fourth-order valence-electron chi connectivity index (χ4n) is 7.40. The zero-order chi connectivity index (χ0) is 31.6. The van der Waals surface area contributed by atoms with Crippen molar-refractivity contribution in [3.05, 3.63) is 193 Å². The van der Waals surface area contributed by atoms with Gasteiger partial charge in [0.2, 0.25) is 0 Å². The molecule has 0 unspecified atom stereocenters. The Kier molecular flexibility index (Phi) is 11.8. The minimum atomic E-state index is -1.01. The molecule has 1 aliphatic rings. The number of hydrogen-bond donors (Lipinski definition) is 0. The van der Waals surface area contributed by atoms with Gasteiger partial charge in [0.1, 0.15) is 0 Å². The van der Waals surface area contributed by atoms with Crippen LogP contribution >= 0.6 is 36.1 Å². The van der Waals surface area contributed by atoms with E-state index in [4.69, 9.17) is 20.3 Å². The summed E-state index contributed by atoms with van der Waals surface area (Å²) in [6, 6.07) is 68.3. The second-order valence-corrected chi connectivity index (χ2v) is 18.5. The first kappa shape index (κ1) is 33.2. The Bertz CT molecular complexity index is 1530. The average molecular weight is 723 g/mol. The normalized spacial score (nSPS) is 16.5. The van der Waals surface area contributed by atoms with Gasteiger partial charge in [-0.2, -0.15) is 0 Å². The van der Waals surface area contributed by atoms with Gasteiger partial charge in [0.15, 0.2) is 0 Å². The molecule has 7 rings (SSSR count). The monoisotopic (exact) mass is 721 g/mol. The Balaban J connectivity index is 0.00000119. The largest absolute Gasteiger partial charge is 0.0967 e.